The lowest BCUT2D eigenvalue weighted by Gasteiger charge is -2.33. The minimum atomic E-state index is -0.310. The molecule has 3 heterocycles. The van der Waals surface area contributed by atoms with Gasteiger partial charge in [-0.15, -0.1) is 0 Å². The quantitative estimate of drug-likeness (QED) is 0.828. The first-order valence-electron chi connectivity index (χ1n) is 8.27. The Morgan fingerprint density at radius 3 is 3.04 bits per heavy atom. The zero-order valence-electron chi connectivity index (χ0n) is 14.3. The number of ether oxygens (including phenoxy) is 1. The van der Waals surface area contributed by atoms with Crippen molar-refractivity contribution in [3.8, 4) is 0 Å². The van der Waals surface area contributed by atoms with Gasteiger partial charge in [0.2, 0.25) is 11.8 Å². The Morgan fingerprint density at radius 1 is 1.50 bits per heavy atom. The van der Waals surface area contributed by atoms with Gasteiger partial charge < -0.3 is 18.7 Å². The first kappa shape index (κ1) is 16.6. The molecular weight excluding hydrogens is 310 g/mol. The summed E-state index contributed by atoms with van der Waals surface area (Å²) in [6, 6.07) is 0. The molecule has 1 aliphatic rings. The van der Waals surface area contributed by atoms with Gasteiger partial charge in [-0.2, -0.15) is 4.98 Å². The van der Waals surface area contributed by atoms with Crippen molar-refractivity contribution in [1.82, 2.24) is 24.6 Å². The monoisotopic (exact) mass is 333 g/mol. The summed E-state index contributed by atoms with van der Waals surface area (Å²) in [7, 11) is 1.76. The third kappa shape index (κ3) is 3.33. The highest BCUT2D eigenvalue weighted by atomic mass is 16.5. The fourth-order valence-corrected chi connectivity index (χ4v) is 3.11. The molecule has 130 valence electrons. The van der Waals surface area contributed by atoms with Crippen molar-refractivity contribution in [2.24, 2.45) is 5.92 Å². The van der Waals surface area contributed by atoms with Crippen LogP contribution in [0, 0.1) is 12.8 Å². The van der Waals surface area contributed by atoms with Gasteiger partial charge in [-0.05, 0) is 19.8 Å². The van der Waals surface area contributed by atoms with Crippen molar-refractivity contribution in [2.45, 2.75) is 45.9 Å². The van der Waals surface area contributed by atoms with E-state index in [1.807, 2.05) is 10.8 Å². The average molecular weight is 333 g/mol. The van der Waals surface area contributed by atoms with Crippen LogP contribution in [0.4, 0.5) is 0 Å². The van der Waals surface area contributed by atoms with E-state index in [0.29, 0.717) is 24.9 Å². The van der Waals surface area contributed by atoms with Gasteiger partial charge in [0.1, 0.15) is 11.9 Å². The van der Waals surface area contributed by atoms with Gasteiger partial charge in [0.15, 0.2) is 5.82 Å². The highest BCUT2D eigenvalue weighted by Crippen LogP contribution is 2.34. The molecule has 0 spiro atoms. The van der Waals surface area contributed by atoms with Crippen LogP contribution >= 0.6 is 0 Å². The molecule has 0 N–H and O–H groups in total. The predicted molar refractivity (Wildman–Crippen MR) is 84.8 cm³/mol. The van der Waals surface area contributed by atoms with Crippen LogP contribution in [0.3, 0.4) is 0 Å². The minimum Gasteiger partial charge on any atom is -0.369 e. The third-order valence-electron chi connectivity index (χ3n) is 4.31. The summed E-state index contributed by atoms with van der Waals surface area (Å²) in [5.74, 6) is 1.60. The van der Waals surface area contributed by atoms with Crippen LogP contribution in [0.25, 0.3) is 0 Å². The van der Waals surface area contributed by atoms with E-state index < -0.39 is 0 Å². The fourth-order valence-electron chi connectivity index (χ4n) is 3.11. The normalized spacial score (nSPS) is 21.0. The van der Waals surface area contributed by atoms with E-state index in [4.69, 9.17) is 9.26 Å². The number of nitrogens with zero attached hydrogens (tertiary/aromatic N) is 5. The van der Waals surface area contributed by atoms with Crippen molar-refractivity contribution in [2.75, 3.05) is 13.7 Å². The van der Waals surface area contributed by atoms with Crippen LogP contribution in [0.5, 0.6) is 0 Å². The molecule has 0 aliphatic carbocycles. The number of aryl methyl sites for hydroxylation is 2. The summed E-state index contributed by atoms with van der Waals surface area (Å²) in [5.41, 5.74) is 0. The number of carbonyl (C=O) groups excluding carboxylic acids is 1. The summed E-state index contributed by atoms with van der Waals surface area (Å²) < 4.78 is 12.9. The number of carbonyl (C=O) groups is 1. The maximum Gasteiger partial charge on any atom is 0.228 e. The maximum atomic E-state index is 12.9. The van der Waals surface area contributed by atoms with E-state index in [1.54, 1.807) is 25.1 Å². The molecular formula is C16H23N5O3. The lowest BCUT2D eigenvalue weighted by Crippen LogP contribution is -2.39. The summed E-state index contributed by atoms with van der Waals surface area (Å²) in [5, 5.41) is 3.85. The minimum absolute atomic E-state index is 0.0211. The van der Waals surface area contributed by atoms with Crippen LogP contribution < -0.4 is 0 Å². The molecule has 1 amide bonds. The smallest absolute Gasteiger partial charge is 0.228 e. The molecule has 0 radical (unpaired) electrons. The van der Waals surface area contributed by atoms with Gasteiger partial charge in [-0.1, -0.05) is 5.16 Å². The number of aromatic nitrogens is 4. The molecule has 0 saturated carbocycles. The molecule has 2 aromatic heterocycles. The topological polar surface area (TPSA) is 86.3 Å². The highest BCUT2D eigenvalue weighted by molar-refractivity contribution is 5.79. The second kappa shape index (κ2) is 7.12. The second-order valence-electron chi connectivity index (χ2n) is 6.04. The summed E-state index contributed by atoms with van der Waals surface area (Å²) in [6.45, 7) is 5.55. The number of amides is 1. The zero-order valence-corrected chi connectivity index (χ0v) is 14.3. The molecule has 0 unspecified atom stereocenters. The number of imidazole rings is 1. The Hall–Kier alpha value is -2.22. The molecule has 2 aromatic rings. The Morgan fingerprint density at radius 2 is 2.33 bits per heavy atom. The van der Waals surface area contributed by atoms with Crippen LogP contribution in [0.1, 0.15) is 43.4 Å². The maximum absolute atomic E-state index is 12.9. The van der Waals surface area contributed by atoms with Crippen molar-refractivity contribution in [1.29, 1.82) is 0 Å². The lowest BCUT2D eigenvalue weighted by atomic mass is 9.92. The summed E-state index contributed by atoms with van der Waals surface area (Å²) >= 11 is 0. The first-order valence-corrected chi connectivity index (χ1v) is 8.27. The van der Waals surface area contributed by atoms with Gasteiger partial charge in [-0.25, -0.2) is 4.98 Å². The Labute approximate surface area is 140 Å². The third-order valence-corrected chi connectivity index (χ3v) is 4.31. The molecule has 24 heavy (non-hydrogen) atoms. The van der Waals surface area contributed by atoms with Crippen molar-refractivity contribution in [3.63, 3.8) is 0 Å². The van der Waals surface area contributed by atoms with Crippen molar-refractivity contribution < 1.29 is 14.1 Å². The molecule has 3 rings (SSSR count). The van der Waals surface area contributed by atoms with E-state index in [1.165, 1.54) is 0 Å². The average Bonchev–Trinajstić information content (AvgIpc) is 3.22. The molecule has 8 heteroatoms. The van der Waals surface area contributed by atoms with Gasteiger partial charge in [-0.3, -0.25) is 4.79 Å². The molecule has 1 fully saturated rings. The number of hydrogen-bond donors (Lipinski definition) is 0. The molecule has 8 nitrogen and oxygen atoms in total. The van der Waals surface area contributed by atoms with Crippen LogP contribution in [-0.4, -0.2) is 44.2 Å². The Balaban J connectivity index is 1.75. The first-order chi connectivity index (χ1) is 11.6. The van der Waals surface area contributed by atoms with Gasteiger partial charge >= 0.3 is 0 Å². The van der Waals surface area contributed by atoms with Gasteiger partial charge in [0.25, 0.3) is 0 Å². The zero-order chi connectivity index (χ0) is 17.1. The largest absolute Gasteiger partial charge is 0.369 e. The standard InChI is InChI=1S/C16H23N5O3/c1-4-21-8-7-17-15(21)14-12(6-5-9-23-14)16(22)20(3)10-13-18-11(2)24-19-13/h7-8,12,14H,4-6,9-10H2,1-3H3/t12-,14-/m1/s1. The Kier molecular flexibility index (Phi) is 4.94. The van der Waals surface area contributed by atoms with Crippen LogP contribution in [0.2, 0.25) is 0 Å². The summed E-state index contributed by atoms with van der Waals surface area (Å²) in [6.07, 6.45) is 5.02. The van der Waals surface area contributed by atoms with E-state index in [9.17, 15) is 4.79 Å². The predicted octanol–water partition coefficient (Wildman–Crippen LogP) is 1.72. The molecule has 1 saturated heterocycles. The van der Waals surface area contributed by atoms with Crippen molar-refractivity contribution in [3.05, 3.63) is 29.9 Å². The number of hydrogen-bond acceptors (Lipinski definition) is 6. The molecule has 2 atom stereocenters. The van der Waals surface area contributed by atoms with E-state index in [0.717, 1.165) is 25.2 Å². The van der Waals surface area contributed by atoms with E-state index >= 15 is 0 Å². The number of rotatable bonds is 5. The van der Waals surface area contributed by atoms with E-state index in [2.05, 4.69) is 22.0 Å². The van der Waals surface area contributed by atoms with Crippen LogP contribution in [-0.2, 0) is 22.6 Å². The fraction of sp³-hybridized carbons (Fsp3) is 0.625. The van der Waals surface area contributed by atoms with E-state index in [-0.39, 0.29) is 17.9 Å². The molecule has 0 bridgehead atoms. The SMILES string of the molecule is CCn1ccnc1[C@@H]1OCCC[C@H]1C(=O)N(C)Cc1noc(C)n1. The molecule has 0 aromatic carbocycles. The highest BCUT2D eigenvalue weighted by Gasteiger charge is 2.37. The van der Waals surface area contributed by atoms with Crippen molar-refractivity contribution >= 4 is 5.91 Å². The Bertz CT molecular complexity index is 695. The van der Waals surface area contributed by atoms with Gasteiger partial charge in [0.05, 0.1) is 12.5 Å². The molecule has 1 aliphatic heterocycles. The lowest BCUT2D eigenvalue weighted by molar-refractivity contribution is -0.145. The van der Waals surface area contributed by atoms with Gasteiger partial charge in [0, 0.05) is 39.5 Å². The van der Waals surface area contributed by atoms with Crippen LogP contribution in [0.15, 0.2) is 16.9 Å². The second-order valence-corrected chi connectivity index (χ2v) is 6.04. The summed E-state index contributed by atoms with van der Waals surface area (Å²) in [4.78, 5) is 23.1.